The van der Waals surface area contributed by atoms with Gasteiger partial charge in [-0.05, 0) is 38.1 Å². The number of methoxy groups -OCH3 is 1. The predicted octanol–water partition coefficient (Wildman–Crippen LogP) is 3.89. The van der Waals surface area contributed by atoms with Gasteiger partial charge in [0.15, 0.2) is 11.0 Å². The third kappa shape index (κ3) is 5.26. The second kappa shape index (κ2) is 10.1. The standard InChI is InChI=1S/C22H23N5O2S/c1-15-6-4-8-18(12-15)20-25-26-22(27(20)10-11-29-3)30-16(2)21(28)24-19-9-5-7-17(13-19)14-23/h4-9,12-13,16H,10-11H2,1-3H3,(H,24,28)/t16-/m0/s1. The van der Waals surface area contributed by atoms with Gasteiger partial charge in [0.1, 0.15) is 0 Å². The molecule has 0 aliphatic carbocycles. The van der Waals surface area contributed by atoms with Crippen LogP contribution in [0.3, 0.4) is 0 Å². The summed E-state index contributed by atoms with van der Waals surface area (Å²) in [5.41, 5.74) is 3.19. The van der Waals surface area contributed by atoms with Crippen LogP contribution in [0.15, 0.2) is 53.7 Å². The number of carbonyl (C=O) groups excluding carboxylic acids is 1. The van der Waals surface area contributed by atoms with Gasteiger partial charge in [-0.1, -0.05) is 41.6 Å². The molecule has 0 unspecified atom stereocenters. The van der Waals surface area contributed by atoms with Gasteiger partial charge in [-0.15, -0.1) is 10.2 Å². The van der Waals surface area contributed by atoms with Crippen LogP contribution in [0.1, 0.15) is 18.1 Å². The lowest BCUT2D eigenvalue weighted by Crippen LogP contribution is -2.23. The molecule has 1 heterocycles. The van der Waals surface area contributed by atoms with Gasteiger partial charge in [-0.25, -0.2) is 0 Å². The van der Waals surface area contributed by atoms with Crippen molar-refractivity contribution < 1.29 is 9.53 Å². The van der Waals surface area contributed by atoms with E-state index in [1.165, 1.54) is 11.8 Å². The zero-order valence-corrected chi connectivity index (χ0v) is 17.9. The zero-order chi connectivity index (χ0) is 21.5. The SMILES string of the molecule is COCCn1c(S[C@@H](C)C(=O)Nc2cccc(C#N)c2)nnc1-c1cccc(C)c1. The Morgan fingerprint density at radius 1 is 1.27 bits per heavy atom. The summed E-state index contributed by atoms with van der Waals surface area (Å²) in [6.07, 6.45) is 0. The molecule has 154 valence electrons. The van der Waals surface area contributed by atoms with Crippen LogP contribution in [0, 0.1) is 18.3 Å². The van der Waals surface area contributed by atoms with Gasteiger partial charge in [-0.2, -0.15) is 5.26 Å². The van der Waals surface area contributed by atoms with E-state index in [-0.39, 0.29) is 5.91 Å². The summed E-state index contributed by atoms with van der Waals surface area (Å²) in [5, 5.41) is 20.8. The van der Waals surface area contributed by atoms with Gasteiger partial charge in [0, 0.05) is 18.4 Å². The van der Waals surface area contributed by atoms with E-state index in [0.29, 0.717) is 29.6 Å². The first-order chi connectivity index (χ1) is 14.5. The zero-order valence-electron chi connectivity index (χ0n) is 17.1. The van der Waals surface area contributed by atoms with Gasteiger partial charge >= 0.3 is 0 Å². The number of nitrogens with one attached hydrogen (secondary N) is 1. The highest BCUT2D eigenvalue weighted by atomic mass is 32.2. The smallest absolute Gasteiger partial charge is 0.237 e. The molecule has 1 atom stereocenters. The first kappa shape index (κ1) is 21.6. The van der Waals surface area contributed by atoms with Crippen LogP contribution in [-0.4, -0.2) is 39.6 Å². The fourth-order valence-electron chi connectivity index (χ4n) is 2.88. The van der Waals surface area contributed by atoms with E-state index in [1.54, 1.807) is 31.4 Å². The van der Waals surface area contributed by atoms with Gasteiger partial charge in [0.25, 0.3) is 0 Å². The first-order valence-electron chi connectivity index (χ1n) is 9.48. The van der Waals surface area contributed by atoms with Crippen LogP contribution >= 0.6 is 11.8 Å². The van der Waals surface area contributed by atoms with Crippen LogP contribution < -0.4 is 5.32 Å². The number of rotatable bonds is 8. The summed E-state index contributed by atoms with van der Waals surface area (Å²) in [5.74, 6) is 0.570. The molecule has 8 heteroatoms. The number of aryl methyl sites for hydroxylation is 1. The molecule has 0 fully saturated rings. The highest BCUT2D eigenvalue weighted by Crippen LogP contribution is 2.28. The fourth-order valence-corrected chi connectivity index (χ4v) is 3.75. The van der Waals surface area contributed by atoms with Gasteiger partial charge in [-0.3, -0.25) is 9.36 Å². The van der Waals surface area contributed by atoms with E-state index in [4.69, 9.17) is 10.00 Å². The molecule has 0 aliphatic rings. The molecule has 1 aromatic heterocycles. The average molecular weight is 422 g/mol. The lowest BCUT2D eigenvalue weighted by molar-refractivity contribution is -0.115. The number of thioether (sulfide) groups is 1. The molecule has 0 spiro atoms. The Bertz CT molecular complexity index is 1070. The van der Waals surface area contributed by atoms with Crippen molar-refractivity contribution in [2.75, 3.05) is 19.0 Å². The number of nitrogens with zero attached hydrogens (tertiary/aromatic N) is 4. The Morgan fingerprint density at radius 2 is 2.07 bits per heavy atom. The molecule has 0 radical (unpaired) electrons. The maximum absolute atomic E-state index is 12.7. The van der Waals surface area contributed by atoms with Crippen LogP contribution in [0.4, 0.5) is 5.69 Å². The van der Waals surface area contributed by atoms with Gasteiger partial charge < -0.3 is 10.1 Å². The minimum absolute atomic E-state index is 0.173. The van der Waals surface area contributed by atoms with Crippen LogP contribution in [0.25, 0.3) is 11.4 Å². The van der Waals surface area contributed by atoms with Crippen molar-refractivity contribution in [1.82, 2.24) is 14.8 Å². The lowest BCUT2D eigenvalue weighted by Gasteiger charge is -2.14. The Morgan fingerprint density at radius 3 is 2.80 bits per heavy atom. The molecule has 3 aromatic rings. The predicted molar refractivity (Wildman–Crippen MR) is 117 cm³/mol. The number of ether oxygens (including phenoxy) is 1. The molecule has 1 amide bonds. The molecule has 30 heavy (non-hydrogen) atoms. The number of carbonyl (C=O) groups is 1. The van der Waals surface area contributed by atoms with E-state index in [9.17, 15) is 4.79 Å². The van der Waals surface area contributed by atoms with Crippen molar-refractivity contribution in [1.29, 1.82) is 5.26 Å². The largest absolute Gasteiger partial charge is 0.383 e. The maximum Gasteiger partial charge on any atom is 0.237 e. The molecule has 3 rings (SSSR count). The Hall–Kier alpha value is -3.15. The monoisotopic (exact) mass is 421 g/mol. The van der Waals surface area contributed by atoms with Crippen LogP contribution in [0.5, 0.6) is 0 Å². The highest BCUT2D eigenvalue weighted by Gasteiger charge is 2.21. The summed E-state index contributed by atoms with van der Waals surface area (Å²) in [4.78, 5) is 12.7. The maximum atomic E-state index is 12.7. The van der Waals surface area contributed by atoms with Crippen molar-refractivity contribution in [3.8, 4) is 17.5 Å². The minimum Gasteiger partial charge on any atom is -0.383 e. The first-order valence-corrected chi connectivity index (χ1v) is 10.4. The molecule has 0 saturated carbocycles. The fraction of sp³-hybridized carbons (Fsp3) is 0.273. The third-order valence-corrected chi connectivity index (χ3v) is 5.50. The molecule has 0 aliphatic heterocycles. The third-order valence-electron chi connectivity index (χ3n) is 4.42. The number of hydrogen-bond donors (Lipinski definition) is 1. The second-order valence-electron chi connectivity index (χ2n) is 6.76. The molecule has 1 N–H and O–H groups in total. The molecule has 0 bridgehead atoms. The summed E-state index contributed by atoms with van der Waals surface area (Å²) in [6, 6.07) is 17.0. The van der Waals surface area contributed by atoms with Gasteiger partial charge in [0.2, 0.25) is 5.91 Å². The summed E-state index contributed by atoms with van der Waals surface area (Å²) in [7, 11) is 1.65. The van der Waals surface area contributed by atoms with E-state index in [1.807, 2.05) is 36.6 Å². The van der Waals surface area contributed by atoms with Gasteiger partial charge in [0.05, 0.1) is 30.0 Å². The number of anilines is 1. The molecular formula is C22H23N5O2S. The van der Waals surface area contributed by atoms with E-state index < -0.39 is 5.25 Å². The Labute approximate surface area is 180 Å². The molecule has 2 aromatic carbocycles. The van der Waals surface area contributed by atoms with E-state index in [0.717, 1.165) is 17.0 Å². The van der Waals surface area contributed by atoms with E-state index in [2.05, 4.69) is 27.6 Å². The molecule has 7 nitrogen and oxygen atoms in total. The van der Waals surface area contributed by atoms with Crippen molar-refractivity contribution in [2.24, 2.45) is 0 Å². The number of benzene rings is 2. The number of aromatic nitrogens is 3. The molecular weight excluding hydrogens is 398 g/mol. The normalized spacial score (nSPS) is 11.7. The van der Waals surface area contributed by atoms with Crippen molar-refractivity contribution >= 4 is 23.4 Å². The van der Waals surface area contributed by atoms with Crippen LogP contribution in [-0.2, 0) is 16.1 Å². The lowest BCUT2D eigenvalue weighted by atomic mass is 10.1. The Balaban J connectivity index is 1.79. The summed E-state index contributed by atoms with van der Waals surface area (Å²) < 4.78 is 7.22. The quantitative estimate of drug-likeness (QED) is 0.555. The molecule has 0 saturated heterocycles. The van der Waals surface area contributed by atoms with Crippen molar-refractivity contribution in [2.45, 2.75) is 30.8 Å². The number of nitriles is 1. The average Bonchev–Trinajstić information content (AvgIpc) is 3.14. The topological polar surface area (TPSA) is 92.8 Å². The Kier molecular flexibility index (Phi) is 7.22. The number of hydrogen-bond acceptors (Lipinski definition) is 6. The van der Waals surface area contributed by atoms with Crippen LogP contribution in [0.2, 0.25) is 0 Å². The second-order valence-corrected chi connectivity index (χ2v) is 8.07. The minimum atomic E-state index is -0.411. The highest BCUT2D eigenvalue weighted by molar-refractivity contribution is 8.00. The number of amides is 1. The van der Waals surface area contributed by atoms with Crippen molar-refractivity contribution in [3.05, 3.63) is 59.7 Å². The summed E-state index contributed by atoms with van der Waals surface area (Å²) in [6.45, 7) is 4.93. The van der Waals surface area contributed by atoms with E-state index >= 15 is 0 Å². The van der Waals surface area contributed by atoms with Crippen molar-refractivity contribution in [3.63, 3.8) is 0 Å². The summed E-state index contributed by atoms with van der Waals surface area (Å²) >= 11 is 1.33.